The Bertz CT molecular complexity index is 661. The molecule has 0 spiro atoms. The Labute approximate surface area is 144 Å². The van der Waals surface area contributed by atoms with Crippen LogP contribution >= 0.6 is 0 Å². The zero-order chi connectivity index (χ0) is 17.5. The van der Waals surface area contributed by atoms with E-state index in [9.17, 15) is 9.59 Å². The van der Waals surface area contributed by atoms with Gasteiger partial charge in [0.15, 0.2) is 11.5 Å². The fraction of sp³-hybridized carbons (Fsp3) is 0.619. The van der Waals surface area contributed by atoms with Gasteiger partial charge in [-0.15, -0.1) is 0 Å². The summed E-state index contributed by atoms with van der Waals surface area (Å²) in [5.41, 5.74) is 2.11. The van der Waals surface area contributed by atoms with Crippen molar-refractivity contribution in [3.05, 3.63) is 34.6 Å². The molecular weight excluding hydrogens is 300 g/mol. The van der Waals surface area contributed by atoms with Crippen LogP contribution in [0.5, 0.6) is 0 Å². The number of fused-ring (bicyclic) bond motifs is 2. The fourth-order valence-corrected chi connectivity index (χ4v) is 4.32. The summed E-state index contributed by atoms with van der Waals surface area (Å²) in [5.74, 6) is 0.511. The standard InChI is InChI=1S/C21H28O3/c1-5-6-7-8-14-12-17(22)18-15-11-13(2)9-10-16(15)21(3,4)24-20(18)19(14)23/h11-12,15-16H,5-10H2,1-4H3. The molecule has 2 atom stereocenters. The summed E-state index contributed by atoms with van der Waals surface area (Å²) >= 11 is 0. The van der Waals surface area contributed by atoms with Crippen molar-refractivity contribution < 1.29 is 14.3 Å². The highest BCUT2D eigenvalue weighted by Gasteiger charge is 2.49. The first-order valence-corrected chi connectivity index (χ1v) is 9.25. The Balaban J connectivity index is 1.97. The molecule has 0 aromatic heterocycles. The van der Waals surface area contributed by atoms with Gasteiger partial charge in [-0.05, 0) is 52.5 Å². The number of carbonyl (C=O) groups is 2. The van der Waals surface area contributed by atoms with Gasteiger partial charge in [-0.1, -0.05) is 31.4 Å². The van der Waals surface area contributed by atoms with Gasteiger partial charge in [-0.2, -0.15) is 0 Å². The van der Waals surface area contributed by atoms with Crippen LogP contribution in [0, 0.1) is 11.8 Å². The van der Waals surface area contributed by atoms with Crippen molar-refractivity contribution in [3.63, 3.8) is 0 Å². The first-order valence-electron chi connectivity index (χ1n) is 9.25. The summed E-state index contributed by atoms with van der Waals surface area (Å²) in [6.45, 7) is 8.35. The molecular formula is C21H28O3. The van der Waals surface area contributed by atoms with Crippen LogP contribution in [0.2, 0.25) is 0 Å². The van der Waals surface area contributed by atoms with Crippen molar-refractivity contribution in [1.29, 1.82) is 0 Å². The smallest absolute Gasteiger partial charge is 0.224 e. The van der Waals surface area contributed by atoms with Gasteiger partial charge >= 0.3 is 0 Å². The molecule has 3 heteroatoms. The molecule has 0 amide bonds. The van der Waals surface area contributed by atoms with Crippen LogP contribution in [-0.4, -0.2) is 17.2 Å². The largest absolute Gasteiger partial charge is 0.483 e. The highest BCUT2D eigenvalue weighted by molar-refractivity contribution is 6.22. The van der Waals surface area contributed by atoms with Crippen molar-refractivity contribution >= 4 is 11.6 Å². The molecule has 0 radical (unpaired) electrons. The first kappa shape index (κ1) is 17.2. The summed E-state index contributed by atoms with van der Waals surface area (Å²) < 4.78 is 6.14. The summed E-state index contributed by atoms with van der Waals surface area (Å²) in [7, 11) is 0. The van der Waals surface area contributed by atoms with Gasteiger partial charge in [0.1, 0.15) is 5.60 Å². The van der Waals surface area contributed by atoms with Gasteiger partial charge in [0.2, 0.25) is 5.78 Å². The van der Waals surface area contributed by atoms with Crippen molar-refractivity contribution in [2.24, 2.45) is 11.8 Å². The maximum atomic E-state index is 12.9. The average Bonchev–Trinajstić information content (AvgIpc) is 2.51. The Morgan fingerprint density at radius 1 is 1.25 bits per heavy atom. The molecule has 0 fully saturated rings. The second-order valence-corrected chi connectivity index (χ2v) is 7.95. The molecule has 24 heavy (non-hydrogen) atoms. The summed E-state index contributed by atoms with van der Waals surface area (Å²) in [6, 6.07) is 0. The number of carbonyl (C=O) groups excluding carboxylic acids is 2. The topological polar surface area (TPSA) is 43.4 Å². The third kappa shape index (κ3) is 2.89. The number of allylic oxidation sites excluding steroid dienone is 5. The molecule has 0 saturated heterocycles. The van der Waals surface area contributed by atoms with E-state index in [1.807, 2.05) is 0 Å². The van der Waals surface area contributed by atoms with Crippen LogP contribution < -0.4 is 0 Å². The first-order chi connectivity index (χ1) is 11.3. The Morgan fingerprint density at radius 2 is 2.00 bits per heavy atom. The van der Waals surface area contributed by atoms with Gasteiger partial charge in [-0.3, -0.25) is 9.59 Å². The normalized spacial score (nSPS) is 28.7. The molecule has 0 aromatic rings. The zero-order valence-electron chi connectivity index (χ0n) is 15.3. The van der Waals surface area contributed by atoms with E-state index in [1.54, 1.807) is 6.08 Å². The molecule has 1 aliphatic heterocycles. The summed E-state index contributed by atoms with van der Waals surface area (Å²) in [4.78, 5) is 25.7. The van der Waals surface area contributed by atoms with Crippen LogP contribution in [0.4, 0.5) is 0 Å². The number of unbranched alkanes of at least 4 members (excludes halogenated alkanes) is 2. The van der Waals surface area contributed by atoms with E-state index >= 15 is 0 Å². The highest BCUT2D eigenvalue weighted by Crippen LogP contribution is 2.49. The molecule has 2 unspecified atom stereocenters. The minimum absolute atomic E-state index is 0.0161. The van der Waals surface area contributed by atoms with E-state index in [0.717, 1.165) is 32.1 Å². The Morgan fingerprint density at radius 3 is 2.71 bits per heavy atom. The highest BCUT2D eigenvalue weighted by atomic mass is 16.5. The van der Waals surface area contributed by atoms with E-state index in [2.05, 4.69) is 33.8 Å². The number of Topliss-reactive ketones (excluding diaryl/α,β-unsaturated/α-hetero) is 1. The number of ketones is 2. The summed E-state index contributed by atoms with van der Waals surface area (Å²) in [5, 5.41) is 0. The SMILES string of the molecule is CCCCCC1=CC(=O)C2=C(OC(C)(C)C3CCC(C)=CC23)C1=O. The Hall–Kier alpha value is -1.64. The van der Waals surface area contributed by atoms with Crippen LogP contribution in [0.3, 0.4) is 0 Å². The van der Waals surface area contributed by atoms with Crippen molar-refractivity contribution in [2.75, 3.05) is 0 Å². The van der Waals surface area contributed by atoms with Gasteiger partial charge in [0.25, 0.3) is 0 Å². The fourth-order valence-electron chi connectivity index (χ4n) is 4.32. The lowest BCUT2D eigenvalue weighted by Crippen LogP contribution is -2.47. The van der Waals surface area contributed by atoms with Crippen LogP contribution in [0.1, 0.15) is 66.2 Å². The molecule has 3 aliphatic rings. The second-order valence-electron chi connectivity index (χ2n) is 7.95. The third-order valence-electron chi connectivity index (χ3n) is 5.70. The number of hydrogen-bond acceptors (Lipinski definition) is 3. The molecule has 130 valence electrons. The molecule has 3 nitrogen and oxygen atoms in total. The van der Waals surface area contributed by atoms with E-state index in [4.69, 9.17) is 4.74 Å². The Kier molecular flexibility index (Phi) is 4.54. The van der Waals surface area contributed by atoms with Gasteiger partial charge < -0.3 is 4.74 Å². The predicted molar refractivity (Wildman–Crippen MR) is 94.4 cm³/mol. The maximum Gasteiger partial charge on any atom is 0.224 e. The van der Waals surface area contributed by atoms with E-state index in [-0.39, 0.29) is 23.4 Å². The van der Waals surface area contributed by atoms with Crippen LogP contribution in [0.25, 0.3) is 0 Å². The van der Waals surface area contributed by atoms with Crippen molar-refractivity contribution in [3.8, 4) is 0 Å². The molecule has 0 aromatic carbocycles. The minimum Gasteiger partial charge on any atom is -0.483 e. The van der Waals surface area contributed by atoms with Gasteiger partial charge in [0.05, 0.1) is 5.57 Å². The zero-order valence-corrected chi connectivity index (χ0v) is 15.3. The lowest BCUT2D eigenvalue weighted by atomic mass is 9.66. The third-order valence-corrected chi connectivity index (χ3v) is 5.70. The van der Waals surface area contributed by atoms with E-state index in [1.165, 1.54) is 5.57 Å². The maximum absolute atomic E-state index is 12.9. The van der Waals surface area contributed by atoms with E-state index in [0.29, 0.717) is 23.3 Å². The van der Waals surface area contributed by atoms with Crippen LogP contribution in [0.15, 0.2) is 34.6 Å². The molecule has 1 heterocycles. The molecule has 3 rings (SSSR count). The monoisotopic (exact) mass is 328 g/mol. The lowest BCUT2D eigenvalue weighted by molar-refractivity contribution is -0.128. The molecule has 0 saturated carbocycles. The molecule has 2 aliphatic carbocycles. The second kappa shape index (κ2) is 6.34. The predicted octanol–water partition coefficient (Wildman–Crippen LogP) is 4.68. The van der Waals surface area contributed by atoms with Crippen molar-refractivity contribution in [2.45, 2.75) is 71.8 Å². The quantitative estimate of drug-likeness (QED) is 0.427. The number of hydrogen-bond donors (Lipinski definition) is 0. The minimum atomic E-state index is -0.414. The molecule has 0 bridgehead atoms. The number of rotatable bonds is 4. The van der Waals surface area contributed by atoms with Gasteiger partial charge in [0, 0.05) is 17.4 Å². The van der Waals surface area contributed by atoms with Crippen molar-refractivity contribution in [1.82, 2.24) is 0 Å². The molecule has 0 N–H and O–H groups in total. The lowest BCUT2D eigenvalue weighted by Gasteiger charge is -2.47. The van der Waals surface area contributed by atoms with E-state index < -0.39 is 5.60 Å². The summed E-state index contributed by atoms with van der Waals surface area (Å²) in [6.07, 6.45) is 9.59. The number of ether oxygens (including phenoxy) is 1. The average molecular weight is 328 g/mol. The van der Waals surface area contributed by atoms with Crippen LogP contribution in [-0.2, 0) is 14.3 Å². The van der Waals surface area contributed by atoms with Gasteiger partial charge in [-0.25, -0.2) is 0 Å².